The van der Waals surface area contributed by atoms with Crippen molar-refractivity contribution in [3.8, 4) is 0 Å². The Labute approximate surface area is 136 Å². The van der Waals surface area contributed by atoms with Crippen molar-refractivity contribution < 1.29 is 4.79 Å². The van der Waals surface area contributed by atoms with Gasteiger partial charge in [0, 0.05) is 11.6 Å². The van der Waals surface area contributed by atoms with E-state index in [4.69, 9.17) is 23.2 Å². The van der Waals surface area contributed by atoms with Gasteiger partial charge in [0.1, 0.15) is 0 Å². The SMILES string of the molecule is O=C(NCC(Br)c1ccccc1)c1ccc(Cl)cc1Cl. The summed E-state index contributed by atoms with van der Waals surface area (Å²) in [6.45, 7) is 0.474. The van der Waals surface area contributed by atoms with E-state index in [1.807, 2.05) is 30.3 Å². The zero-order valence-corrected chi connectivity index (χ0v) is 13.5. The van der Waals surface area contributed by atoms with Crippen LogP contribution in [0.15, 0.2) is 48.5 Å². The average Bonchev–Trinajstić information content (AvgIpc) is 2.45. The van der Waals surface area contributed by atoms with Crippen molar-refractivity contribution in [2.45, 2.75) is 4.83 Å². The second-order valence-corrected chi connectivity index (χ2v) is 6.16. The lowest BCUT2D eigenvalue weighted by Gasteiger charge is -2.12. The summed E-state index contributed by atoms with van der Waals surface area (Å²) in [4.78, 5) is 12.1. The summed E-state index contributed by atoms with van der Waals surface area (Å²) < 4.78 is 0. The van der Waals surface area contributed by atoms with E-state index in [0.717, 1.165) is 5.56 Å². The van der Waals surface area contributed by atoms with Crippen LogP contribution in [0.4, 0.5) is 0 Å². The van der Waals surface area contributed by atoms with Crippen molar-refractivity contribution >= 4 is 45.0 Å². The van der Waals surface area contributed by atoms with Gasteiger partial charge in [0.05, 0.1) is 15.4 Å². The number of nitrogens with one attached hydrogen (secondary N) is 1. The summed E-state index contributed by atoms with van der Waals surface area (Å²) in [5.74, 6) is -0.216. The molecule has 0 aliphatic carbocycles. The fraction of sp³-hybridized carbons (Fsp3) is 0.133. The van der Waals surface area contributed by atoms with Crippen LogP contribution in [-0.4, -0.2) is 12.5 Å². The Morgan fingerprint density at radius 3 is 2.50 bits per heavy atom. The summed E-state index contributed by atoms with van der Waals surface area (Å²) in [5, 5.41) is 3.70. The molecule has 0 fully saturated rings. The molecule has 0 spiro atoms. The standard InChI is InChI=1S/C15H12BrCl2NO/c16-13(10-4-2-1-3-5-10)9-19-15(20)12-7-6-11(17)8-14(12)18/h1-8,13H,9H2,(H,19,20). The van der Waals surface area contributed by atoms with Gasteiger partial charge in [0.25, 0.3) is 5.91 Å². The van der Waals surface area contributed by atoms with E-state index in [0.29, 0.717) is 22.2 Å². The molecule has 0 aliphatic heterocycles. The van der Waals surface area contributed by atoms with Crippen molar-refractivity contribution in [2.24, 2.45) is 0 Å². The minimum Gasteiger partial charge on any atom is -0.351 e. The molecule has 1 amide bonds. The predicted octanol–water partition coefficient (Wildman–Crippen LogP) is 4.86. The molecule has 0 aromatic heterocycles. The third kappa shape index (κ3) is 3.98. The van der Waals surface area contributed by atoms with Crippen molar-refractivity contribution in [3.63, 3.8) is 0 Å². The highest BCUT2D eigenvalue weighted by Gasteiger charge is 2.13. The zero-order chi connectivity index (χ0) is 14.5. The molecule has 2 nitrogen and oxygen atoms in total. The number of amides is 1. The molecule has 2 aromatic carbocycles. The Morgan fingerprint density at radius 2 is 1.85 bits per heavy atom. The molecule has 0 heterocycles. The summed E-state index contributed by atoms with van der Waals surface area (Å²) in [6.07, 6.45) is 0. The monoisotopic (exact) mass is 371 g/mol. The number of halogens is 3. The number of carbonyl (C=O) groups is 1. The lowest BCUT2D eigenvalue weighted by molar-refractivity contribution is 0.0954. The molecule has 0 aliphatic rings. The van der Waals surface area contributed by atoms with E-state index in [2.05, 4.69) is 21.2 Å². The van der Waals surface area contributed by atoms with Crippen molar-refractivity contribution in [2.75, 3.05) is 6.54 Å². The Balaban J connectivity index is 1.99. The summed E-state index contributed by atoms with van der Waals surface area (Å²) in [6, 6.07) is 14.7. The second kappa shape index (κ2) is 7.11. The van der Waals surface area contributed by atoms with Crippen LogP contribution in [0.3, 0.4) is 0 Å². The van der Waals surface area contributed by atoms with Gasteiger partial charge in [-0.1, -0.05) is 69.5 Å². The van der Waals surface area contributed by atoms with Crippen LogP contribution in [0.5, 0.6) is 0 Å². The molecule has 2 rings (SSSR count). The van der Waals surface area contributed by atoms with E-state index < -0.39 is 0 Å². The minimum absolute atomic E-state index is 0.0544. The van der Waals surface area contributed by atoms with Crippen LogP contribution in [0, 0.1) is 0 Å². The van der Waals surface area contributed by atoms with E-state index in [1.165, 1.54) is 0 Å². The van der Waals surface area contributed by atoms with Crippen LogP contribution in [0.2, 0.25) is 10.0 Å². The summed E-state index contributed by atoms with van der Waals surface area (Å²) >= 11 is 15.4. The molecule has 0 bridgehead atoms. The van der Waals surface area contributed by atoms with Gasteiger partial charge in [-0.2, -0.15) is 0 Å². The first kappa shape index (κ1) is 15.4. The molecule has 2 aromatic rings. The number of hydrogen-bond acceptors (Lipinski definition) is 1. The predicted molar refractivity (Wildman–Crippen MR) is 86.9 cm³/mol. The van der Waals surface area contributed by atoms with E-state index in [9.17, 15) is 4.79 Å². The van der Waals surface area contributed by atoms with Crippen LogP contribution in [0.1, 0.15) is 20.7 Å². The quantitative estimate of drug-likeness (QED) is 0.763. The Bertz CT molecular complexity index is 604. The molecular weight excluding hydrogens is 361 g/mol. The van der Waals surface area contributed by atoms with Gasteiger partial charge >= 0.3 is 0 Å². The van der Waals surface area contributed by atoms with Crippen LogP contribution >= 0.6 is 39.1 Å². The molecule has 0 saturated heterocycles. The Hall–Kier alpha value is -1.03. The molecule has 5 heteroatoms. The van der Waals surface area contributed by atoms with Gasteiger partial charge in [0.2, 0.25) is 0 Å². The van der Waals surface area contributed by atoms with Crippen molar-refractivity contribution in [1.82, 2.24) is 5.32 Å². The van der Waals surface area contributed by atoms with E-state index in [-0.39, 0.29) is 10.7 Å². The largest absolute Gasteiger partial charge is 0.351 e. The number of benzene rings is 2. The lowest BCUT2D eigenvalue weighted by Crippen LogP contribution is -2.26. The third-order valence-electron chi connectivity index (χ3n) is 2.78. The third-order valence-corrected chi connectivity index (χ3v) is 4.18. The lowest BCUT2D eigenvalue weighted by atomic mass is 10.1. The van der Waals surface area contributed by atoms with Gasteiger partial charge in [-0.3, -0.25) is 4.79 Å². The van der Waals surface area contributed by atoms with E-state index in [1.54, 1.807) is 18.2 Å². The van der Waals surface area contributed by atoms with Gasteiger partial charge in [-0.25, -0.2) is 0 Å². The molecular formula is C15H12BrCl2NO. The normalized spacial score (nSPS) is 11.9. The van der Waals surface area contributed by atoms with Crippen LogP contribution in [0.25, 0.3) is 0 Å². The maximum Gasteiger partial charge on any atom is 0.252 e. The molecule has 104 valence electrons. The first-order valence-electron chi connectivity index (χ1n) is 6.00. The smallest absolute Gasteiger partial charge is 0.252 e. The summed E-state index contributed by atoms with van der Waals surface area (Å²) in [5.41, 5.74) is 1.53. The van der Waals surface area contributed by atoms with Gasteiger partial charge < -0.3 is 5.32 Å². The molecule has 1 unspecified atom stereocenters. The Kier molecular flexibility index (Phi) is 5.46. The van der Waals surface area contributed by atoms with Crippen molar-refractivity contribution in [1.29, 1.82) is 0 Å². The average molecular weight is 373 g/mol. The molecule has 20 heavy (non-hydrogen) atoms. The van der Waals surface area contributed by atoms with Gasteiger partial charge in [0.15, 0.2) is 0 Å². The van der Waals surface area contributed by atoms with Crippen molar-refractivity contribution in [3.05, 3.63) is 69.7 Å². The summed E-state index contributed by atoms with van der Waals surface area (Å²) in [7, 11) is 0. The first-order valence-corrected chi connectivity index (χ1v) is 7.67. The second-order valence-electron chi connectivity index (χ2n) is 4.21. The number of alkyl halides is 1. The highest BCUT2D eigenvalue weighted by molar-refractivity contribution is 9.09. The van der Waals surface area contributed by atoms with E-state index >= 15 is 0 Å². The number of rotatable bonds is 4. The number of hydrogen-bond donors (Lipinski definition) is 1. The minimum atomic E-state index is -0.216. The first-order chi connectivity index (χ1) is 9.58. The maximum atomic E-state index is 12.1. The van der Waals surface area contributed by atoms with Crippen LogP contribution < -0.4 is 5.32 Å². The van der Waals surface area contributed by atoms with Crippen LogP contribution in [-0.2, 0) is 0 Å². The fourth-order valence-electron chi connectivity index (χ4n) is 1.73. The molecule has 1 N–H and O–H groups in total. The topological polar surface area (TPSA) is 29.1 Å². The number of carbonyl (C=O) groups excluding carboxylic acids is 1. The van der Waals surface area contributed by atoms with Gasteiger partial charge in [-0.15, -0.1) is 0 Å². The maximum absolute atomic E-state index is 12.1. The highest BCUT2D eigenvalue weighted by Crippen LogP contribution is 2.23. The van der Waals surface area contributed by atoms with Gasteiger partial charge in [-0.05, 0) is 23.8 Å². The molecule has 0 saturated carbocycles. The molecule has 1 atom stereocenters. The highest BCUT2D eigenvalue weighted by atomic mass is 79.9. The fourth-order valence-corrected chi connectivity index (χ4v) is 2.69. The zero-order valence-electron chi connectivity index (χ0n) is 10.4. The molecule has 0 radical (unpaired) electrons. The Morgan fingerprint density at radius 1 is 1.15 bits per heavy atom.